The molecule has 2 aromatic carbocycles. The van der Waals surface area contributed by atoms with Crippen molar-refractivity contribution < 1.29 is 19.0 Å². The molecule has 7 heteroatoms. The third kappa shape index (κ3) is 4.30. The Hall–Kier alpha value is -2.11. The highest BCUT2D eigenvalue weighted by Gasteiger charge is 2.19. The topological polar surface area (TPSA) is 56.8 Å². The van der Waals surface area contributed by atoms with Crippen molar-refractivity contribution >= 4 is 29.1 Å². The summed E-state index contributed by atoms with van der Waals surface area (Å²) in [5.41, 5.74) is 1.15. The number of hydrogen-bond donors (Lipinski definition) is 1. The van der Waals surface area contributed by atoms with E-state index >= 15 is 0 Å². The molecule has 0 bridgehead atoms. The Bertz CT molecular complexity index is 755. The molecule has 0 fully saturated rings. The van der Waals surface area contributed by atoms with Gasteiger partial charge in [0.15, 0.2) is 11.5 Å². The first-order chi connectivity index (χ1) is 11.9. The Morgan fingerprint density at radius 2 is 1.60 bits per heavy atom. The quantitative estimate of drug-likeness (QED) is 0.796. The highest BCUT2D eigenvalue weighted by molar-refractivity contribution is 6.35. The van der Waals surface area contributed by atoms with E-state index < -0.39 is 0 Å². The van der Waals surface area contributed by atoms with Crippen LogP contribution in [0.1, 0.15) is 28.9 Å². The molecule has 134 valence electrons. The summed E-state index contributed by atoms with van der Waals surface area (Å²) in [7, 11) is 4.49. The SMILES string of the molecule is COc1cc(C(=O)N[C@@H](C)c2ccc(Cl)cc2Cl)cc(OC)c1OC. The molecule has 1 N–H and O–H groups in total. The smallest absolute Gasteiger partial charge is 0.252 e. The van der Waals surface area contributed by atoms with Crippen molar-refractivity contribution in [3.63, 3.8) is 0 Å². The zero-order chi connectivity index (χ0) is 18.6. The van der Waals surface area contributed by atoms with E-state index in [4.69, 9.17) is 37.4 Å². The molecule has 0 spiro atoms. The summed E-state index contributed by atoms with van der Waals surface area (Å²) in [6.45, 7) is 1.84. The molecule has 2 aromatic rings. The van der Waals surface area contributed by atoms with Crippen LogP contribution in [0.25, 0.3) is 0 Å². The Morgan fingerprint density at radius 1 is 1.00 bits per heavy atom. The highest BCUT2D eigenvalue weighted by atomic mass is 35.5. The van der Waals surface area contributed by atoms with Gasteiger partial charge >= 0.3 is 0 Å². The number of methoxy groups -OCH3 is 3. The number of carbonyl (C=O) groups excluding carboxylic acids is 1. The molecule has 0 aliphatic carbocycles. The minimum absolute atomic E-state index is 0.294. The number of ether oxygens (including phenoxy) is 3. The van der Waals surface area contributed by atoms with Crippen molar-refractivity contribution in [1.82, 2.24) is 5.32 Å². The molecule has 0 saturated heterocycles. The predicted molar refractivity (Wildman–Crippen MR) is 98.4 cm³/mol. The van der Waals surface area contributed by atoms with Gasteiger partial charge in [0.1, 0.15) is 0 Å². The fourth-order valence-electron chi connectivity index (χ4n) is 2.42. The lowest BCUT2D eigenvalue weighted by Crippen LogP contribution is -2.27. The van der Waals surface area contributed by atoms with Crippen LogP contribution in [-0.4, -0.2) is 27.2 Å². The second-order valence-corrected chi connectivity index (χ2v) is 6.12. The van der Waals surface area contributed by atoms with Gasteiger partial charge in [-0.3, -0.25) is 4.79 Å². The fraction of sp³-hybridized carbons (Fsp3) is 0.278. The Balaban J connectivity index is 2.28. The molecular weight excluding hydrogens is 365 g/mol. The molecule has 0 aromatic heterocycles. The third-order valence-electron chi connectivity index (χ3n) is 3.70. The van der Waals surface area contributed by atoms with Gasteiger partial charge in [-0.05, 0) is 36.8 Å². The number of rotatable bonds is 6. The molecule has 0 radical (unpaired) electrons. The number of amides is 1. The van der Waals surface area contributed by atoms with Crippen molar-refractivity contribution in [3.8, 4) is 17.2 Å². The summed E-state index contributed by atoms with van der Waals surface area (Å²) in [5, 5.41) is 3.92. The van der Waals surface area contributed by atoms with Gasteiger partial charge in [0.05, 0.1) is 27.4 Å². The van der Waals surface area contributed by atoms with Crippen LogP contribution in [0, 0.1) is 0 Å². The van der Waals surface area contributed by atoms with E-state index in [1.165, 1.54) is 21.3 Å². The number of carbonyl (C=O) groups is 1. The van der Waals surface area contributed by atoms with E-state index in [1.807, 2.05) is 6.92 Å². The monoisotopic (exact) mass is 383 g/mol. The molecule has 0 heterocycles. The van der Waals surface area contributed by atoms with Crippen LogP contribution in [0.5, 0.6) is 17.2 Å². The average molecular weight is 384 g/mol. The van der Waals surface area contributed by atoms with Gasteiger partial charge in [0, 0.05) is 15.6 Å². The average Bonchev–Trinajstić information content (AvgIpc) is 2.59. The maximum Gasteiger partial charge on any atom is 0.252 e. The lowest BCUT2D eigenvalue weighted by atomic mass is 10.1. The van der Waals surface area contributed by atoms with E-state index in [0.29, 0.717) is 32.9 Å². The molecule has 5 nitrogen and oxygen atoms in total. The van der Waals surface area contributed by atoms with Crippen LogP contribution >= 0.6 is 23.2 Å². The number of benzene rings is 2. The highest BCUT2D eigenvalue weighted by Crippen LogP contribution is 2.38. The Morgan fingerprint density at radius 3 is 2.08 bits per heavy atom. The predicted octanol–water partition coefficient (Wildman–Crippen LogP) is 4.51. The van der Waals surface area contributed by atoms with E-state index in [2.05, 4.69) is 5.32 Å². The first kappa shape index (κ1) is 19.2. The summed E-state index contributed by atoms with van der Waals surface area (Å²) in [6, 6.07) is 8.02. The standard InChI is InChI=1S/C18H19Cl2NO4/c1-10(13-6-5-12(19)9-14(13)20)21-18(22)11-7-15(23-2)17(25-4)16(8-11)24-3/h5-10H,1-4H3,(H,21,22)/t10-/m0/s1. The van der Waals surface area contributed by atoms with Crippen LogP contribution in [0.15, 0.2) is 30.3 Å². The normalized spacial score (nSPS) is 11.6. The van der Waals surface area contributed by atoms with Gasteiger partial charge in [0.2, 0.25) is 5.75 Å². The van der Waals surface area contributed by atoms with Gasteiger partial charge in [-0.15, -0.1) is 0 Å². The maximum atomic E-state index is 12.6. The lowest BCUT2D eigenvalue weighted by Gasteiger charge is -2.18. The number of nitrogens with one attached hydrogen (secondary N) is 1. The van der Waals surface area contributed by atoms with E-state index in [1.54, 1.807) is 30.3 Å². The van der Waals surface area contributed by atoms with Crippen LogP contribution in [0.2, 0.25) is 10.0 Å². The van der Waals surface area contributed by atoms with Crippen molar-refractivity contribution in [3.05, 3.63) is 51.5 Å². The van der Waals surface area contributed by atoms with Crippen molar-refractivity contribution in [2.24, 2.45) is 0 Å². The van der Waals surface area contributed by atoms with Crippen molar-refractivity contribution in [2.45, 2.75) is 13.0 Å². The van der Waals surface area contributed by atoms with Crippen LogP contribution < -0.4 is 19.5 Å². The molecular formula is C18H19Cl2NO4. The largest absolute Gasteiger partial charge is 0.493 e. The maximum absolute atomic E-state index is 12.6. The van der Waals surface area contributed by atoms with Gasteiger partial charge < -0.3 is 19.5 Å². The molecule has 0 saturated carbocycles. The molecule has 1 amide bonds. The van der Waals surface area contributed by atoms with Gasteiger partial charge in [0.25, 0.3) is 5.91 Å². The summed E-state index contributed by atoms with van der Waals surface area (Å²) in [6.07, 6.45) is 0. The second kappa shape index (κ2) is 8.32. The van der Waals surface area contributed by atoms with Gasteiger partial charge in [-0.1, -0.05) is 29.3 Å². The van der Waals surface area contributed by atoms with Crippen LogP contribution in [-0.2, 0) is 0 Å². The van der Waals surface area contributed by atoms with Gasteiger partial charge in [-0.25, -0.2) is 0 Å². The van der Waals surface area contributed by atoms with E-state index in [0.717, 1.165) is 5.56 Å². The number of hydrogen-bond acceptors (Lipinski definition) is 4. The third-order valence-corrected chi connectivity index (χ3v) is 4.27. The molecule has 25 heavy (non-hydrogen) atoms. The van der Waals surface area contributed by atoms with E-state index in [9.17, 15) is 4.79 Å². The first-order valence-corrected chi connectivity index (χ1v) is 8.22. The minimum atomic E-state index is -0.309. The van der Waals surface area contributed by atoms with Crippen molar-refractivity contribution in [1.29, 1.82) is 0 Å². The first-order valence-electron chi connectivity index (χ1n) is 7.47. The van der Waals surface area contributed by atoms with Gasteiger partial charge in [-0.2, -0.15) is 0 Å². The molecule has 0 aliphatic heterocycles. The number of halogens is 2. The Kier molecular flexibility index (Phi) is 6.39. The lowest BCUT2D eigenvalue weighted by molar-refractivity contribution is 0.0939. The van der Waals surface area contributed by atoms with E-state index in [-0.39, 0.29) is 11.9 Å². The Labute approximate surface area is 156 Å². The van der Waals surface area contributed by atoms with Crippen LogP contribution in [0.4, 0.5) is 0 Å². The van der Waals surface area contributed by atoms with Crippen molar-refractivity contribution in [2.75, 3.05) is 21.3 Å². The molecule has 0 unspecified atom stereocenters. The minimum Gasteiger partial charge on any atom is -0.493 e. The summed E-state index contributed by atoms with van der Waals surface area (Å²) in [5.74, 6) is 0.946. The zero-order valence-corrected chi connectivity index (χ0v) is 15.9. The zero-order valence-electron chi connectivity index (χ0n) is 14.4. The molecule has 2 rings (SSSR count). The molecule has 1 atom stereocenters. The van der Waals surface area contributed by atoms with Crippen LogP contribution in [0.3, 0.4) is 0 Å². The summed E-state index contributed by atoms with van der Waals surface area (Å²) < 4.78 is 15.8. The second-order valence-electron chi connectivity index (χ2n) is 5.27. The molecule has 0 aliphatic rings. The fourth-order valence-corrected chi connectivity index (χ4v) is 2.99. The summed E-state index contributed by atoms with van der Waals surface area (Å²) >= 11 is 12.1. The summed E-state index contributed by atoms with van der Waals surface area (Å²) in [4.78, 5) is 12.6.